The summed E-state index contributed by atoms with van der Waals surface area (Å²) in [7, 11) is -3.35. The zero-order chi connectivity index (χ0) is 22.1. The third-order valence-electron chi connectivity index (χ3n) is 6.63. The maximum absolute atomic E-state index is 12.6. The van der Waals surface area contributed by atoms with Crippen LogP contribution in [0.1, 0.15) is 35.8 Å². The lowest BCUT2D eigenvalue weighted by molar-refractivity contribution is 0.0317. The standard InChI is InChI=1S/C24H28N4O2S2/c1-17-26-22(13-23(27-17)24-8-5-11-31-24)21-15-28-10-9-19(21)12-20(28)14-25-32(29,30)16-18-6-3-2-4-7-18/h2-8,11,13,19-21,25H,9-10,12,14-16H2,1H3. The third kappa shape index (κ3) is 4.78. The van der Waals surface area contributed by atoms with Gasteiger partial charge in [0.1, 0.15) is 5.82 Å². The van der Waals surface area contributed by atoms with E-state index in [0.29, 0.717) is 18.4 Å². The summed E-state index contributed by atoms with van der Waals surface area (Å²) in [5.41, 5.74) is 2.94. The number of hydrogen-bond acceptors (Lipinski definition) is 6. The van der Waals surface area contributed by atoms with E-state index in [1.54, 1.807) is 11.3 Å². The van der Waals surface area contributed by atoms with Crippen molar-refractivity contribution >= 4 is 21.4 Å². The van der Waals surface area contributed by atoms with Crippen LogP contribution < -0.4 is 4.72 Å². The summed E-state index contributed by atoms with van der Waals surface area (Å²) in [6.45, 7) is 4.39. The maximum atomic E-state index is 12.6. The van der Waals surface area contributed by atoms with Gasteiger partial charge in [-0.05, 0) is 55.3 Å². The predicted octanol–water partition coefficient (Wildman–Crippen LogP) is 3.81. The number of benzene rings is 1. The van der Waals surface area contributed by atoms with Crippen molar-refractivity contribution in [3.63, 3.8) is 0 Å². The van der Waals surface area contributed by atoms with Crippen LogP contribution >= 0.6 is 11.3 Å². The molecule has 2 aromatic heterocycles. The lowest BCUT2D eigenvalue weighted by Crippen LogP contribution is -2.56. The minimum Gasteiger partial charge on any atom is -0.298 e. The highest BCUT2D eigenvalue weighted by Gasteiger charge is 2.41. The molecular formula is C24H28N4O2S2. The van der Waals surface area contributed by atoms with Crippen molar-refractivity contribution in [3.05, 3.63) is 71.0 Å². The maximum Gasteiger partial charge on any atom is 0.215 e. The Balaban J connectivity index is 1.25. The fourth-order valence-electron chi connectivity index (χ4n) is 5.08. The summed E-state index contributed by atoms with van der Waals surface area (Å²) < 4.78 is 28.0. The molecule has 2 bridgehead atoms. The van der Waals surface area contributed by atoms with Gasteiger partial charge in [0.2, 0.25) is 10.0 Å². The molecule has 0 saturated carbocycles. The number of piperidine rings is 3. The third-order valence-corrected chi connectivity index (χ3v) is 8.84. The van der Waals surface area contributed by atoms with E-state index < -0.39 is 10.0 Å². The van der Waals surface area contributed by atoms with E-state index in [1.807, 2.05) is 37.3 Å². The first-order valence-corrected chi connectivity index (χ1v) is 13.6. The molecule has 0 amide bonds. The lowest BCUT2D eigenvalue weighted by atomic mass is 9.74. The van der Waals surface area contributed by atoms with E-state index in [9.17, 15) is 8.42 Å². The quantitative estimate of drug-likeness (QED) is 0.571. The van der Waals surface area contributed by atoms with Gasteiger partial charge in [0.25, 0.3) is 0 Å². The molecule has 32 heavy (non-hydrogen) atoms. The minimum absolute atomic E-state index is 0.0261. The van der Waals surface area contributed by atoms with Crippen LogP contribution in [0.4, 0.5) is 0 Å². The predicted molar refractivity (Wildman–Crippen MR) is 128 cm³/mol. The Morgan fingerprint density at radius 3 is 2.72 bits per heavy atom. The molecular weight excluding hydrogens is 440 g/mol. The molecule has 8 heteroatoms. The molecule has 0 aliphatic carbocycles. The molecule has 3 saturated heterocycles. The fraction of sp³-hybridized carbons (Fsp3) is 0.417. The van der Waals surface area contributed by atoms with Crippen molar-refractivity contribution in [1.82, 2.24) is 19.6 Å². The Hall–Kier alpha value is -2.13. The van der Waals surface area contributed by atoms with Crippen LogP contribution in [0.2, 0.25) is 0 Å². The van der Waals surface area contributed by atoms with Crippen molar-refractivity contribution in [2.75, 3.05) is 19.6 Å². The Kier molecular flexibility index (Phi) is 6.11. The molecule has 6 nitrogen and oxygen atoms in total. The summed E-state index contributed by atoms with van der Waals surface area (Å²) in [6.07, 6.45) is 2.13. The second-order valence-electron chi connectivity index (χ2n) is 8.84. The average Bonchev–Trinajstić information content (AvgIpc) is 3.33. The highest BCUT2D eigenvalue weighted by Crippen LogP contribution is 2.42. The van der Waals surface area contributed by atoms with Crippen LogP contribution in [0.5, 0.6) is 0 Å². The molecule has 5 heterocycles. The zero-order valence-electron chi connectivity index (χ0n) is 18.1. The summed E-state index contributed by atoms with van der Waals surface area (Å²) in [4.78, 5) is 13.1. The molecule has 6 rings (SSSR count). The molecule has 0 spiro atoms. The van der Waals surface area contributed by atoms with Crippen molar-refractivity contribution in [2.45, 2.75) is 37.5 Å². The largest absolute Gasteiger partial charge is 0.298 e. The summed E-state index contributed by atoms with van der Waals surface area (Å²) in [5, 5.41) is 2.07. The van der Waals surface area contributed by atoms with Gasteiger partial charge in [-0.15, -0.1) is 11.3 Å². The second kappa shape index (κ2) is 9.02. The number of hydrogen-bond donors (Lipinski definition) is 1. The Morgan fingerprint density at radius 1 is 1.16 bits per heavy atom. The van der Waals surface area contributed by atoms with Crippen LogP contribution in [-0.4, -0.2) is 49.0 Å². The average molecular weight is 469 g/mol. The van der Waals surface area contributed by atoms with E-state index in [4.69, 9.17) is 4.98 Å². The van der Waals surface area contributed by atoms with Crippen LogP contribution in [0.3, 0.4) is 0 Å². The van der Waals surface area contributed by atoms with Crippen LogP contribution in [0.15, 0.2) is 53.9 Å². The van der Waals surface area contributed by atoms with E-state index in [2.05, 4.69) is 38.2 Å². The number of aromatic nitrogens is 2. The monoisotopic (exact) mass is 468 g/mol. The first-order chi connectivity index (χ1) is 15.5. The molecule has 4 atom stereocenters. The number of fused-ring (bicyclic) bond motifs is 3. The Morgan fingerprint density at radius 2 is 2.00 bits per heavy atom. The number of rotatable bonds is 7. The summed E-state index contributed by atoms with van der Waals surface area (Å²) >= 11 is 1.70. The van der Waals surface area contributed by atoms with Crippen molar-refractivity contribution in [3.8, 4) is 10.6 Å². The summed E-state index contributed by atoms with van der Waals surface area (Å²) in [5.74, 6) is 1.74. The summed E-state index contributed by atoms with van der Waals surface area (Å²) in [6, 6.07) is 15.9. The zero-order valence-corrected chi connectivity index (χ0v) is 19.8. The molecule has 3 aromatic rings. The first kappa shape index (κ1) is 21.7. The second-order valence-corrected chi connectivity index (χ2v) is 11.6. The highest BCUT2D eigenvalue weighted by atomic mass is 32.2. The molecule has 3 aliphatic heterocycles. The molecule has 3 fully saturated rings. The van der Waals surface area contributed by atoms with Gasteiger partial charge in [0.15, 0.2) is 0 Å². The molecule has 1 N–H and O–H groups in total. The number of sulfonamides is 1. The Labute approximate surface area is 193 Å². The van der Waals surface area contributed by atoms with Gasteiger partial charge in [-0.2, -0.15) is 0 Å². The molecule has 4 unspecified atom stereocenters. The van der Waals surface area contributed by atoms with Gasteiger partial charge >= 0.3 is 0 Å². The fourth-order valence-corrected chi connectivity index (χ4v) is 6.95. The van der Waals surface area contributed by atoms with Crippen LogP contribution in [-0.2, 0) is 15.8 Å². The van der Waals surface area contributed by atoms with E-state index in [0.717, 1.165) is 48.7 Å². The van der Waals surface area contributed by atoms with Gasteiger partial charge in [0, 0.05) is 30.7 Å². The SMILES string of the molecule is Cc1nc(-c2cccs2)cc(C2CN3CCC2CC3CNS(=O)(=O)Cc2ccccc2)n1. The Bertz CT molecular complexity index is 1170. The topological polar surface area (TPSA) is 75.2 Å². The van der Waals surface area contributed by atoms with Crippen LogP contribution in [0, 0.1) is 12.8 Å². The molecule has 168 valence electrons. The smallest absolute Gasteiger partial charge is 0.215 e. The van der Waals surface area contributed by atoms with Crippen LogP contribution in [0.25, 0.3) is 10.6 Å². The van der Waals surface area contributed by atoms with Gasteiger partial charge in [0.05, 0.1) is 16.3 Å². The van der Waals surface area contributed by atoms with Gasteiger partial charge in [-0.25, -0.2) is 23.1 Å². The number of aryl methyl sites for hydroxylation is 1. The van der Waals surface area contributed by atoms with Crippen molar-refractivity contribution in [1.29, 1.82) is 0 Å². The normalized spacial score (nSPS) is 25.2. The highest BCUT2D eigenvalue weighted by molar-refractivity contribution is 7.88. The molecule has 0 radical (unpaired) electrons. The van der Waals surface area contributed by atoms with E-state index in [-0.39, 0.29) is 11.8 Å². The van der Waals surface area contributed by atoms with Crippen molar-refractivity contribution < 1.29 is 8.42 Å². The molecule has 1 aromatic carbocycles. The van der Waals surface area contributed by atoms with E-state index >= 15 is 0 Å². The minimum atomic E-state index is -3.35. The van der Waals surface area contributed by atoms with Crippen molar-refractivity contribution in [2.24, 2.45) is 5.92 Å². The van der Waals surface area contributed by atoms with Gasteiger partial charge < -0.3 is 0 Å². The number of nitrogens with one attached hydrogen (secondary N) is 1. The number of thiophene rings is 1. The molecule has 3 aliphatic rings. The van der Waals surface area contributed by atoms with Gasteiger partial charge in [-0.3, -0.25) is 4.90 Å². The first-order valence-electron chi connectivity index (χ1n) is 11.1. The van der Waals surface area contributed by atoms with E-state index in [1.165, 1.54) is 4.88 Å². The van der Waals surface area contributed by atoms with Gasteiger partial charge in [-0.1, -0.05) is 36.4 Å². The number of nitrogens with zero attached hydrogens (tertiary/aromatic N) is 3. The lowest BCUT2D eigenvalue weighted by Gasteiger charge is -2.49.